The predicted octanol–water partition coefficient (Wildman–Crippen LogP) is 5.08. The molecule has 0 aliphatic carbocycles. The monoisotopic (exact) mass is 521 g/mol. The van der Waals surface area contributed by atoms with Gasteiger partial charge in [0.25, 0.3) is 0 Å². The van der Waals surface area contributed by atoms with Crippen LogP contribution < -0.4 is 4.18 Å². The molecule has 0 unspecified atom stereocenters. The maximum Gasteiger partial charge on any atom is 0.416 e. The van der Waals surface area contributed by atoms with Crippen molar-refractivity contribution in [2.75, 3.05) is 20.3 Å². The fourth-order valence-electron chi connectivity index (χ4n) is 3.42. The first-order chi connectivity index (χ1) is 17.1. The van der Waals surface area contributed by atoms with E-state index in [0.717, 1.165) is 29.3 Å². The van der Waals surface area contributed by atoms with E-state index in [1.165, 1.54) is 12.1 Å². The molecule has 0 aliphatic heterocycles. The predicted molar refractivity (Wildman–Crippen MR) is 128 cm³/mol. The highest BCUT2D eigenvalue weighted by Crippen LogP contribution is 2.31. The molecule has 0 N–H and O–H groups in total. The number of amides is 1. The number of aryl methyl sites for hydroxylation is 1. The summed E-state index contributed by atoms with van der Waals surface area (Å²) < 4.78 is 73.9. The SMILES string of the molecule is COCCN(Cc1ccc(OS(=O)(=O)c2cccc(C(F)(F)F)c2)cc1)C(=O)CCc1ccccc1. The van der Waals surface area contributed by atoms with Crippen LogP contribution in [0.2, 0.25) is 0 Å². The summed E-state index contributed by atoms with van der Waals surface area (Å²) in [6.45, 7) is 1.01. The van der Waals surface area contributed by atoms with E-state index in [9.17, 15) is 26.4 Å². The Hall–Kier alpha value is -3.37. The second-order valence-corrected chi connectivity index (χ2v) is 9.55. The summed E-state index contributed by atoms with van der Waals surface area (Å²) in [7, 11) is -2.93. The number of halogens is 3. The van der Waals surface area contributed by atoms with Gasteiger partial charge in [0.1, 0.15) is 10.6 Å². The molecule has 0 radical (unpaired) electrons. The molecule has 0 aromatic heterocycles. The zero-order valence-corrected chi connectivity index (χ0v) is 20.4. The van der Waals surface area contributed by atoms with Crippen LogP contribution in [-0.2, 0) is 38.8 Å². The van der Waals surface area contributed by atoms with Gasteiger partial charge < -0.3 is 13.8 Å². The van der Waals surface area contributed by atoms with Crippen molar-refractivity contribution in [2.24, 2.45) is 0 Å². The first kappa shape index (κ1) is 27.2. The second kappa shape index (κ2) is 12.0. The number of benzene rings is 3. The summed E-state index contributed by atoms with van der Waals surface area (Å²) in [6.07, 6.45) is -3.76. The molecular weight excluding hydrogens is 495 g/mol. The third-order valence-corrected chi connectivity index (χ3v) is 6.58. The molecule has 3 aromatic carbocycles. The average Bonchev–Trinajstić information content (AvgIpc) is 2.86. The van der Waals surface area contributed by atoms with E-state index in [2.05, 4.69) is 0 Å². The van der Waals surface area contributed by atoms with Crippen LogP contribution in [0.1, 0.15) is 23.1 Å². The maximum atomic E-state index is 12.9. The molecule has 0 atom stereocenters. The lowest BCUT2D eigenvalue weighted by atomic mass is 10.1. The van der Waals surface area contributed by atoms with Crippen molar-refractivity contribution in [3.63, 3.8) is 0 Å². The van der Waals surface area contributed by atoms with Gasteiger partial charge in [-0.15, -0.1) is 0 Å². The Kier molecular flexibility index (Phi) is 9.11. The molecule has 6 nitrogen and oxygen atoms in total. The van der Waals surface area contributed by atoms with Gasteiger partial charge >= 0.3 is 16.3 Å². The van der Waals surface area contributed by atoms with Gasteiger partial charge in [-0.2, -0.15) is 21.6 Å². The highest BCUT2D eigenvalue weighted by Gasteiger charge is 2.32. The number of rotatable bonds is 11. The van der Waals surface area contributed by atoms with Gasteiger partial charge in [-0.1, -0.05) is 48.5 Å². The van der Waals surface area contributed by atoms with Crippen molar-refractivity contribution in [2.45, 2.75) is 30.5 Å². The molecule has 0 bridgehead atoms. The molecule has 0 aliphatic rings. The number of methoxy groups -OCH3 is 1. The maximum absolute atomic E-state index is 12.9. The standard InChI is InChI=1S/C26H26F3NO5S/c1-34-17-16-30(25(31)15-12-20-6-3-2-4-7-20)19-21-10-13-23(14-11-21)35-36(32,33)24-9-5-8-22(18-24)26(27,28)29/h2-11,13-14,18H,12,15-17,19H2,1H3. The Bertz CT molecular complexity index is 1250. The van der Waals surface area contributed by atoms with E-state index in [1.807, 2.05) is 30.3 Å². The Morgan fingerprint density at radius 3 is 2.25 bits per heavy atom. The summed E-state index contributed by atoms with van der Waals surface area (Å²) in [5.74, 6) is -0.113. The molecular formula is C26H26F3NO5S. The third kappa shape index (κ3) is 7.82. The Balaban J connectivity index is 1.66. The zero-order valence-electron chi connectivity index (χ0n) is 19.6. The van der Waals surface area contributed by atoms with E-state index in [0.29, 0.717) is 32.1 Å². The van der Waals surface area contributed by atoms with Crippen LogP contribution in [0, 0.1) is 0 Å². The van der Waals surface area contributed by atoms with E-state index >= 15 is 0 Å². The Morgan fingerprint density at radius 1 is 0.917 bits per heavy atom. The number of hydrogen-bond acceptors (Lipinski definition) is 5. The van der Waals surface area contributed by atoms with E-state index in [1.54, 1.807) is 24.1 Å². The minimum atomic E-state index is -4.68. The van der Waals surface area contributed by atoms with Crippen molar-refractivity contribution >= 4 is 16.0 Å². The molecule has 1 amide bonds. The fraction of sp³-hybridized carbons (Fsp3) is 0.269. The summed E-state index contributed by atoms with van der Waals surface area (Å²) in [5.41, 5.74) is 0.694. The number of hydrogen-bond donors (Lipinski definition) is 0. The summed E-state index contributed by atoms with van der Waals surface area (Å²) in [4.78, 5) is 13.9. The first-order valence-electron chi connectivity index (χ1n) is 11.1. The lowest BCUT2D eigenvalue weighted by molar-refractivity contribution is -0.137. The van der Waals surface area contributed by atoms with Gasteiger partial charge in [0.15, 0.2) is 0 Å². The van der Waals surface area contributed by atoms with Crippen LogP contribution in [0.5, 0.6) is 5.75 Å². The molecule has 0 saturated heterocycles. The molecule has 3 rings (SSSR count). The normalized spacial score (nSPS) is 11.8. The molecule has 10 heteroatoms. The van der Waals surface area contributed by atoms with E-state index < -0.39 is 26.8 Å². The van der Waals surface area contributed by atoms with Crippen molar-refractivity contribution < 1.29 is 35.3 Å². The first-order valence-corrected chi connectivity index (χ1v) is 12.5. The fourth-order valence-corrected chi connectivity index (χ4v) is 4.40. The van der Waals surface area contributed by atoms with Crippen LogP contribution in [0.15, 0.2) is 83.8 Å². The zero-order chi connectivity index (χ0) is 26.2. The van der Waals surface area contributed by atoms with E-state index in [-0.39, 0.29) is 18.2 Å². The minimum absolute atomic E-state index is 0.0525. The molecule has 0 heterocycles. The van der Waals surface area contributed by atoms with Crippen molar-refractivity contribution in [1.82, 2.24) is 4.90 Å². The van der Waals surface area contributed by atoms with Crippen molar-refractivity contribution in [3.05, 3.63) is 95.6 Å². The second-order valence-electron chi connectivity index (χ2n) is 8.00. The van der Waals surface area contributed by atoms with Crippen molar-refractivity contribution in [3.8, 4) is 5.75 Å². The number of carbonyl (C=O) groups excluding carboxylic acids is 1. The van der Waals surface area contributed by atoms with Crippen molar-refractivity contribution in [1.29, 1.82) is 0 Å². The van der Waals surface area contributed by atoms with Crippen LogP contribution >= 0.6 is 0 Å². The quantitative estimate of drug-likeness (QED) is 0.329. The van der Waals surface area contributed by atoms with Crippen LogP contribution in [0.4, 0.5) is 13.2 Å². The van der Waals surface area contributed by atoms with Crippen LogP contribution in [0.25, 0.3) is 0 Å². The topological polar surface area (TPSA) is 72.9 Å². The van der Waals surface area contributed by atoms with Crippen LogP contribution in [-0.4, -0.2) is 39.5 Å². The minimum Gasteiger partial charge on any atom is -0.383 e. The lowest BCUT2D eigenvalue weighted by Crippen LogP contribution is -2.33. The average molecular weight is 522 g/mol. The Morgan fingerprint density at radius 2 is 1.61 bits per heavy atom. The highest BCUT2D eigenvalue weighted by atomic mass is 32.2. The third-order valence-electron chi connectivity index (χ3n) is 5.34. The smallest absolute Gasteiger partial charge is 0.383 e. The van der Waals surface area contributed by atoms with Gasteiger partial charge in [0.2, 0.25) is 5.91 Å². The largest absolute Gasteiger partial charge is 0.416 e. The summed E-state index contributed by atoms with van der Waals surface area (Å²) in [6, 6.07) is 19.0. The summed E-state index contributed by atoms with van der Waals surface area (Å²) >= 11 is 0. The number of carbonyl (C=O) groups is 1. The lowest BCUT2D eigenvalue weighted by Gasteiger charge is -2.23. The van der Waals surface area contributed by atoms with Crippen LogP contribution in [0.3, 0.4) is 0 Å². The number of nitrogens with zero attached hydrogens (tertiary/aromatic N) is 1. The van der Waals surface area contributed by atoms with Gasteiger partial charge in [0.05, 0.1) is 12.2 Å². The molecule has 36 heavy (non-hydrogen) atoms. The molecule has 0 fully saturated rings. The van der Waals surface area contributed by atoms with Gasteiger partial charge in [-0.3, -0.25) is 4.79 Å². The summed E-state index contributed by atoms with van der Waals surface area (Å²) in [5, 5.41) is 0. The highest BCUT2D eigenvalue weighted by molar-refractivity contribution is 7.87. The molecule has 0 saturated carbocycles. The van der Waals surface area contributed by atoms with E-state index in [4.69, 9.17) is 8.92 Å². The van der Waals surface area contributed by atoms with Gasteiger partial charge in [-0.25, -0.2) is 0 Å². The molecule has 3 aromatic rings. The van der Waals surface area contributed by atoms with Gasteiger partial charge in [-0.05, 0) is 47.9 Å². The Labute approximate surface area is 208 Å². The molecule has 0 spiro atoms. The molecule has 192 valence electrons. The number of ether oxygens (including phenoxy) is 1. The van der Waals surface area contributed by atoms with Gasteiger partial charge in [0, 0.05) is 26.6 Å². The number of alkyl halides is 3.